The number of aryl methyl sites for hydroxylation is 2. The second-order valence-electron chi connectivity index (χ2n) is 6.28. The Morgan fingerprint density at radius 2 is 1.91 bits per heavy atom. The first-order chi connectivity index (χ1) is 11.1. The van der Waals surface area contributed by atoms with Crippen LogP contribution in [-0.2, 0) is 23.2 Å². The van der Waals surface area contributed by atoms with E-state index in [0.717, 1.165) is 57.3 Å². The van der Waals surface area contributed by atoms with Gasteiger partial charge in [0.15, 0.2) is 0 Å². The third kappa shape index (κ3) is 5.02. The molecule has 0 aliphatic carbocycles. The maximum absolute atomic E-state index is 12.6. The standard InChI is InChI=1S/C16H30N4O2S/c1-3-11-19-15-10-17-16(19)9-8-12-18(2)23(21,22)20-13-6-4-5-7-14-20/h10,15H,3-9,11-14H2,1-2H3. The van der Waals surface area contributed by atoms with Gasteiger partial charge in [0.1, 0.15) is 5.82 Å². The first-order valence-electron chi connectivity index (χ1n) is 8.77. The van der Waals surface area contributed by atoms with Crippen molar-refractivity contribution in [2.45, 2.75) is 58.4 Å². The average Bonchev–Trinajstić information content (AvgIpc) is 2.79. The quantitative estimate of drug-likeness (QED) is 0.728. The molecule has 7 heteroatoms. The van der Waals surface area contributed by atoms with Crippen LogP contribution < -0.4 is 0 Å². The zero-order valence-corrected chi connectivity index (χ0v) is 15.3. The molecule has 1 aromatic rings. The summed E-state index contributed by atoms with van der Waals surface area (Å²) in [4.78, 5) is 4.38. The van der Waals surface area contributed by atoms with Crippen LogP contribution in [0.3, 0.4) is 0 Å². The van der Waals surface area contributed by atoms with Crippen molar-refractivity contribution in [2.75, 3.05) is 26.7 Å². The van der Waals surface area contributed by atoms with E-state index in [1.165, 1.54) is 4.31 Å². The minimum absolute atomic E-state index is 0.540. The minimum atomic E-state index is -3.31. The molecular weight excluding hydrogens is 312 g/mol. The molecule has 0 unspecified atom stereocenters. The summed E-state index contributed by atoms with van der Waals surface area (Å²) in [6.45, 7) is 4.97. The van der Waals surface area contributed by atoms with E-state index in [9.17, 15) is 8.42 Å². The van der Waals surface area contributed by atoms with E-state index in [-0.39, 0.29) is 0 Å². The SMILES string of the molecule is CCCn1ccnc1CCCN(C)S(=O)(=O)N1CCCCCC1. The molecule has 1 aliphatic rings. The van der Waals surface area contributed by atoms with Crippen LogP contribution in [0.25, 0.3) is 0 Å². The second kappa shape index (κ2) is 8.80. The molecule has 0 atom stereocenters. The summed E-state index contributed by atoms with van der Waals surface area (Å²) >= 11 is 0. The van der Waals surface area contributed by atoms with Gasteiger partial charge in [0.2, 0.25) is 0 Å². The summed E-state index contributed by atoms with van der Waals surface area (Å²) < 4.78 is 30.6. The normalized spacial score (nSPS) is 17.5. The highest BCUT2D eigenvalue weighted by Crippen LogP contribution is 2.16. The van der Waals surface area contributed by atoms with Crippen molar-refractivity contribution in [3.05, 3.63) is 18.2 Å². The average molecular weight is 343 g/mol. The Kier molecular flexibility index (Phi) is 7.05. The fourth-order valence-electron chi connectivity index (χ4n) is 3.06. The van der Waals surface area contributed by atoms with E-state index in [1.807, 2.05) is 12.4 Å². The fraction of sp³-hybridized carbons (Fsp3) is 0.812. The molecule has 6 nitrogen and oxygen atoms in total. The zero-order valence-electron chi connectivity index (χ0n) is 14.4. The van der Waals surface area contributed by atoms with Gasteiger partial charge in [-0.2, -0.15) is 17.0 Å². The summed E-state index contributed by atoms with van der Waals surface area (Å²) in [5.41, 5.74) is 0. The molecule has 23 heavy (non-hydrogen) atoms. The van der Waals surface area contributed by atoms with Crippen molar-refractivity contribution in [3.63, 3.8) is 0 Å². The lowest BCUT2D eigenvalue weighted by Crippen LogP contribution is -2.42. The molecular formula is C16H30N4O2S. The zero-order chi connectivity index (χ0) is 16.7. The summed E-state index contributed by atoms with van der Waals surface area (Å²) in [5.74, 6) is 1.05. The Balaban J connectivity index is 1.85. The van der Waals surface area contributed by atoms with Crippen LogP contribution in [0, 0.1) is 0 Å². The Bertz CT molecular complexity index is 562. The number of rotatable bonds is 8. The molecule has 1 fully saturated rings. The van der Waals surface area contributed by atoms with Gasteiger partial charge in [-0.1, -0.05) is 19.8 Å². The van der Waals surface area contributed by atoms with Gasteiger partial charge in [-0.15, -0.1) is 0 Å². The molecule has 1 saturated heterocycles. The second-order valence-corrected chi connectivity index (χ2v) is 8.32. The minimum Gasteiger partial charge on any atom is -0.335 e. The van der Waals surface area contributed by atoms with Crippen molar-refractivity contribution in [1.29, 1.82) is 0 Å². The lowest BCUT2D eigenvalue weighted by atomic mass is 10.2. The first-order valence-corrected chi connectivity index (χ1v) is 10.2. The lowest BCUT2D eigenvalue weighted by molar-refractivity contribution is 0.362. The molecule has 0 bridgehead atoms. The number of hydrogen-bond acceptors (Lipinski definition) is 3. The van der Waals surface area contributed by atoms with Crippen LogP contribution in [0.2, 0.25) is 0 Å². The van der Waals surface area contributed by atoms with Crippen LogP contribution in [0.5, 0.6) is 0 Å². The summed E-state index contributed by atoms with van der Waals surface area (Å²) in [6.07, 6.45) is 10.7. The van der Waals surface area contributed by atoms with Gasteiger partial charge in [0.05, 0.1) is 0 Å². The molecule has 2 rings (SSSR count). The fourth-order valence-corrected chi connectivity index (χ4v) is 4.53. The molecule has 1 aromatic heterocycles. The van der Waals surface area contributed by atoms with Crippen LogP contribution in [0.15, 0.2) is 12.4 Å². The highest BCUT2D eigenvalue weighted by atomic mass is 32.2. The highest BCUT2D eigenvalue weighted by molar-refractivity contribution is 7.86. The third-order valence-electron chi connectivity index (χ3n) is 4.42. The van der Waals surface area contributed by atoms with Crippen LogP contribution in [-0.4, -0.2) is 53.3 Å². The van der Waals surface area contributed by atoms with E-state index in [1.54, 1.807) is 11.4 Å². The molecule has 1 aliphatic heterocycles. The van der Waals surface area contributed by atoms with E-state index in [4.69, 9.17) is 0 Å². The van der Waals surface area contributed by atoms with Gasteiger partial charge in [0, 0.05) is 52.0 Å². The van der Waals surface area contributed by atoms with Gasteiger partial charge < -0.3 is 4.57 Å². The predicted octanol–water partition coefficient (Wildman–Crippen LogP) is 2.28. The Morgan fingerprint density at radius 1 is 1.22 bits per heavy atom. The largest absolute Gasteiger partial charge is 0.335 e. The Labute approximate surface area is 140 Å². The predicted molar refractivity (Wildman–Crippen MR) is 92.4 cm³/mol. The number of hydrogen-bond donors (Lipinski definition) is 0. The van der Waals surface area contributed by atoms with Gasteiger partial charge in [0.25, 0.3) is 10.2 Å². The highest BCUT2D eigenvalue weighted by Gasteiger charge is 2.27. The molecule has 132 valence electrons. The van der Waals surface area contributed by atoms with Crippen LogP contribution in [0.4, 0.5) is 0 Å². The third-order valence-corrected chi connectivity index (χ3v) is 6.41. The topological polar surface area (TPSA) is 58.4 Å². The van der Waals surface area contributed by atoms with Crippen molar-refractivity contribution in [1.82, 2.24) is 18.2 Å². The lowest BCUT2D eigenvalue weighted by Gasteiger charge is -2.26. The van der Waals surface area contributed by atoms with Gasteiger partial charge in [-0.25, -0.2) is 4.98 Å². The first kappa shape index (κ1) is 18.4. The van der Waals surface area contributed by atoms with E-state index < -0.39 is 10.2 Å². The molecule has 0 amide bonds. The van der Waals surface area contributed by atoms with Crippen molar-refractivity contribution < 1.29 is 8.42 Å². The van der Waals surface area contributed by atoms with Crippen LogP contribution >= 0.6 is 0 Å². The van der Waals surface area contributed by atoms with E-state index in [0.29, 0.717) is 19.6 Å². The maximum atomic E-state index is 12.6. The van der Waals surface area contributed by atoms with Crippen molar-refractivity contribution in [2.24, 2.45) is 0 Å². The Hall–Kier alpha value is -0.920. The van der Waals surface area contributed by atoms with Crippen molar-refractivity contribution in [3.8, 4) is 0 Å². The Morgan fingerprint density at radius 3 is 2.57 bits per heavy atom. The molecule has 0 saturated carbocycles. The number of imidazole rings is 1. The smallest absolute Gasteiger partial charge is 0.281 e. The number of aromatic nitrogens is 2. The summed E-state index contributed by atoms with van der Waals surface area (Å²) in [5, 5.41) is 0. The maximum Gasteiger partial charge on any atom is 0.281 e. The van der Waals surface area contributed by atoms with E-state index >= 15 is 0 Å². The molecule has 0 spiro atoms. The molecule has 0 radical (unpaired) electrons. The van der Waals surface area contributed by atoms with Crippen molar-refractivity contribution >= 4 is 10.2 Å². The van der Waals surface area contributed by atoms with Gasteiger partial charge in [-0.05, 0) is 25.7 Å². The summed E-state index contributed by atoms with van der Waals surface area (Å²) in [7, 11) is -1.61. The molecule has 0 N–H and O–H groups in total. The molecule has 2 heterocycles. The summed E-state index contributed by atoms with van der Waals surface area (Å²) in [6, 6.07) is 0. The van der Waals surface area contributed by atoms with Gasteiger partial charge in [-0.3, -0.25) is 0 Å². The van der Waals surface area contributed by atoms with Gasteiger partial charge >= 0.3 is 0 Å². The number of nitrogens with zero attached hydrogens (tertiary/aromatic N) is 4. The van der Waals surface area contributed by atoms with E-state index in [2.05, 4.69) is 16.5 Å². The monoisotopic (exact) mass is 342 g/mol. The van der Waals surface area contributed by atoms with Crippen LogP contribution in [0.1, 0.15) is 51.3 Å². The molecule has 0 aromatic carbocycles.